The fraction of sp³-hybridized carbons (Fsp3) is 0.417. The summed E-state index contributed by atoms with van der Waals surface area (Å²) in [6, 6.07) is 4.37. The van der Waals surface area contributed by atoms with Gasteiger partial charge in [0.05, 0.1) is 0 Å². The number of nitrogens with one attached hydrogen (secondary N) is 1. The van der Waals surface area contributed by atoms with Gasteiger partial charge in [-0.15, -0.1) is 0 Å². The van der Waals surface area contributed by atoms with Crippen LogP contribution in [0.2, 0.25) is 0 Å². The van der Waals surface area contributed by atoms with E-state index >= 15 is 0 Å². The third-order valence-electron chi connectivity index (χ3n) is 2.26. The van der Waals surface area contributed by atoms with Crippen molar-refractivity contribution in [2.75, 3.05) is 18.6 Å². The molecule has 1 atom stereocenters. The first-order valence-electron chi connectivity index (χ1n) is 5.52. The number of carboxylic acids is 1. The lowest BCUT2D eigenvalue weighted by molar-refractivity contribution is 0.0690. The topological polar surface area (TPSA) is 79.3 Å². The Labute approximate surface area is 110 Å². The SMILES string of the molecule is CSCC(C)CNC(=O)c1cccc(C(=O)O)n1. The van der Waals surface area contributed by atoms with Gasteiger partial charge in [0.2, 0.25) is 0 Å². The van der Waals surface area contributed by atoms with Gasteiger partial charge in [-0.05, 0) is 30.1 Å². The number of thioether (sulfide) groups is 1. The van der Waals surface area contributed by atoms with Crippen LogP contribution in [-0.2, 0) is 0 Å². The predicted octanol–water partition coefficient (Wildman–Crippen LogP) is 1.51. The van der Waals surface area contributed by atoms with Crippen molar-refractivity contribution in [2.45, 2.75) is 6.92 Å². The molecule has 0 aliphatic carbocycles. The van der Waals surface area contributed by atoms with E-state index in [4.69, 9.17) is 5.11 Å². The molecule has 1 aromatic heterocycles. The Morgan fingerprint density at radius 1 is 1.44 bits per heavy atom. The third-order valence-corrected chi connectivity index (χ3v) is 3.17. The Balaban J connectivity index is 2.61. The second-order valence-electron chi connectivity index (χ2n) is 3.98. The summed E-state index contributed by atoms with van der Waals surface area (Å²) in [7, 11) is 0. The molecule has 1 heterocycles. The predicted molar refractivity (Wildman–Crippen MR) is 71.1 cm³/mol. The molecule has 1 rings (SSSR count). The summed E-state index contributed by atoms with van der Waals surface area (Å²) in [6.07, 6.45) is 2.01. The highest BCUT2D eigenvalue weighted by Crippen LogP contribution is 2.04. The summed E-state index contributed by atoms with van der Waals surface area (Å²) in [5, 5.41) is 11.5. The first kappa shape index (κ1) is 14.5. The molecule has 0 aliphatic heterocycles. The van der Waals surface area contributed by atoms with Crippen molar-refractivity contribution in [2.24, 2.45) is 5.92 Å². The number of hydrogen-bond donors (Lipinski definition) is 2. The van der Waals surface area contributed by atoms with Gasteiger partial charge in [-0.25, -0.2) is 9.78 Å². The zero-order valence-corrected chi connectivity index (χ0v) is 11.2. The van der Waals surface area contributed by atoms with E-state index in [-0.39, 0.29) is 17.3 Å². The van der Waals surface area contributed by atoms with Crippen LogP contribution in [-0.4, -0.2) is 40.5 Å². The minimum absolute atomic E-state index is 0.125. The van der Waals surface area contributed by atoms with Crippen molar-refractivity contribution in [1.29, 1.82) is 0 Å². The van der Waals surface area contributed by atoms with Crippen LogP contribution < -0.4 is 5.32 Å². The van der Waals surface area contributed by atoms with E-state index < -0.39 is 5.97 Å². The average Bonchev–Trinajstić information content (AvgIpc) is 2.36. The van der Waals surface area contributed by atoms with Crippen molar-refractivity contribution in [1.82, 2.24) is 10.3 Å². The lowest BCUT2D eigenvalue weighted by atomic mass is 10.2. The molecule has 98 valence electrons. The Morgan fingerprint density at radius 3 is 2.72 bits per heavy atom. The number of nitrogens with zero attached hydrogens (tertiary/aromatic N) is 1. The number of amides is 1. The zero-order chi connectivity index (χ0) is 13.5. The summed E-state index contributed by atoms with van der Waals surface area (Å²) in [5.74, 6) is -0.152. The monoisotopic (exact) mass is 268 g/mol. The lowest BCUT2D eigenvalue weighted by Crippen LogP contribution is -2.30. The summed E-state index contributed by atoms with van der Waals surface area (Å²) in [4.78, 5) is 26.3. The van der Waals surface area contributed by atoms with Gasteiger partial charge in [0.15, 0.2) is 0 Å². The molecule has 0 saturated carbocycles. The maximum absolute atomic E-state index is 11.8. The maximum Gasteiger partial charge on any atom is 0.354 e. The number of carbonyl (C=O) groups excluding carboxylic acids is 1. The lowest BCUT2D eigenvalue weighted by Gasteiger charge is -2.10. The summed E-state index contributed by atoms with van der Waals surface area (Å²) in [6.45, 7) is 2.59. The van der Waals surface area contributed by atoms with Gasteiger partial charge in [0.1, 0.15) is 11.4 Å². The van der Waals surface area contributed by atoms with Crippen LogP contribution in [0.5, 0.6) is 0 Å². The van der Waals surface area contributed by atoms with E-state index in [1.807, 2.05) is 13.2 Å². The second-order valence-corrected chi connectivity index (χ2v) is 4.89. The van der Waals surface area contributed by atoms with Crippen LogP contribution in [0.25, 0.3) is 0 Å². The van der Waals surface area contributed by atoms with Crippen LogP contribution in [0.4, 0.5) is 0 Å². The van der Waals surface area contributed by atoms with Gasteiger partial charge in [-0.2, -0.15) is 11.8 Å². The molecule has 0 radical (unpaired) electrons. The fourth-order valence-electron chi connectivity index (χ4n) is 1.38. The standard InChI is InChI=1S/C12H16N2O3S/c1-8(7-18-2)6-13-11(15)9-4-3-5-10(14-9)12(16)17/h3-5,8H,6-7H2,1-2H3,(H,13,15)(H,16,17). The smallest absolute Gasteiger partial charge is 0.354 e. The molecule has 6 heteroatoms. The van der Waals surface area contributed by atoms with Gasteiger partial charge < -0.3 is 10.4 Å². The van der Waals surface area contributed by atoms with E-state index in [0.29, 0.717) is 12.5 Å². The normalized spacial score (nSPS) is 11.9. The Kier molecular flexibility index (Phi) is 5.64. The van der Waals surface area contributed by atoms with Gasteiger partial charge in [0.25, 0.3) is 5.91 Å². The number of hydrogen-bond acceptors (Lipinski definition) is 4. The first-order valence-corrected chi connectivity index (χ1v) is 6.91. The van der Waals surface area contributed by atoms with Crippen molar-refractivity contribution >= 4 is 23.6 Å². The number of pyridine rings is 1. The highest BCUT2D eigenvalue weighted by atomic mass is 32.2. The highest BCUT2D eigenvalue weighted by molar-refractivity contribution is 7.98. The minimum Gasteiger partial charge on any atom is -0.477 e. The van der Waals surface area contributed by atoms with E-state index in [2.05, 4.69) is 10.3 Å². The Hall–Kier alpha value is -1.56. The fourth-order valence-corrected chi connectivity index (χ4v) is 2.07. The van der Waals surface area contributed by atoms with E-state index in [9.17, 15) is 9.59 Å². The molecule has 0 saturated heterocycles. The molecular formula is C12H16N2O3S. The summed E-state index contributed by atoms with van der Waals surface area (Å²) in [5.41, 5.74) is 0.00561. The van der Waals surface area contributed by atoms with Gasteiger partial charge in [0, 0.05) is 6.54 Å². The molecule has 1 unspecified atom stereocenters. The number of rotatable bonds is 6. The van der Waals surface area contributed by atoms with Crippen molar-refractivity contribution in [3.8, 4) is 0 Å². The minimum atomic E-state index is -1.14. The molecule has 1 aromatic rings. The van der Waals surface area contributed by atoms with Crippen LogP contribution in [0.1, 0.15) is 27.9 Å². The molecule has 0 aromatic carbocycles. The number of carboxylic acid groups (broad SMARTS) is 1. The highest BCUT2D eigenvalue weighted by Gasteiger charge is 2.11. The van der Waals surface area contributed by atoms with Crippen LogP contribution in [0.3, 0.4) is 0 Å². The van der Waals surface area contributed by atoms with Crippen LogP contribution >= 0.6 is 11.8 Å². The van der Waals surface area contributed by atoms with Crippen LogP contribution in [0, 0.1) is 5.92 Å². The van der Waals surface area contributed by atoms with E-state index in [1.165, 1.54) is 18.2 Å². The first-order chi connectivity index (χ1) is 8.54. The second kappa shape index (κ2) is 7.00. The molecule has 0 bridgehead atoms. The van der Waals surface area contributed by atoms with Gasteiger partial charge in [-0.1, -0.05) is 13.0 Å². The molecular weight excluding hydrogens is 252 g/mol. The van der Waals surface area contributed by atoms with Gasteiger partial charge >= 0.3 is 5.97 Å². The number of aromatic nitrogens is 1. The van der Waals surface area contributed by atoms with Crippen molar-refractivity contribution < 1.29 is 14.7 Å². The quantitative estimate of drug-likeness (QED) is 0.817. The van der Waals surface area contributed by atoms with Crippen molar-refractivity contribution in [3.05, 3.63) is 29.6 Å². The largest absolute Gasteiger partial charge is 0.477 e. The number of carbonyl (C=O) groups is 2. The van der Waals surface area contributed by atoms with Crippen molar-refractivity contribution in [3.63, 3.8) is 0 Å². The Morgan fingerprint density at radius 2 is 2.11 bits per heavy atom. The average molecular weight is 268 g/mol. The molecule has 2 N–H and O–H groups in total. The van der Waals surface area contributed by atoms with E-state index in [1.54, 1.807) is 11.8 Å². The summed E-state index contributed by atoms with van der Waals surface area (Å²) < 4.78 is 0. The molecule has 0 fully saturated rings. The Bertz CT molecular complexity index is 437. The van der Waals surface area contributed by atoms with Crippen LogP contribution in [0.15, 0.2) is 18.2 Å². The number of aromatic carboxylic acids is 1. The zero-order valence-electron chi connectivity index (χ0n) is 10.3. The molecule has 5 nitrogen and oxygen atoms in total. The molecule has 0 spiro atoms. The molecule has 0 aliphatic rings. The summed E-state index contributed by atoms with van der Waals surface area (Å²) >= 11 is 1.72. The van der Waals surface area contributed by atoms with Gasteiger partial charge in [-0.3, -0.25) is 4.79 Å². The van der Waals surface area contributed by atoms with E-state index in [0.717, 1.165) is 5.75 Å². The third kappa shape index (κ3) is 4.37. The molecule has 1 amide bonds. The maximum atomic E-state index is 11.8. The molecule has 18 heavy (non-hydrogen) atoms.